The van der Waals surface area contributed by atoms with Gasteiger partial charge in [-0.1, -0.05) is 176 Å². The summed E-state index contributed by atoms with van der Waals surface area (Å²) in [5, 5.41) is 1.19. The van der Waals surface area contributed by atoms with Crippen LogP contribution in [-0.2, 0) is 5.41 Å². The molecule has 0 radical (unpaired) electrons. The maximum absolute atomic E-state index is 6.22. The van der Waals surface area contributed by atoms with Gasteiger partial charge < -0.3 is 9.99 Å². The van der Waals surface area contributed by atoms with Crippen LogP contribution in [0, 0.1) is 0 Å². The normalized spacial score (nSPS) is 14.7. The van der Waals surface area contributed by atoms with Gasteiger partial charge in [0, 0.05) is 27.6 Å². The number of nitrogens with one attached hydrogen (secondary N) is 1. The van der Waals surface area contributed by atoms with Crippen molar-refractivity contribution in [2.45, 2.75) is 44.6 Å². The molecule has 4 nitrogen and oxygen atoms in total. The van der Waals surface area contributed by atoms with Crippen LogP contribution in [0.1, 0.15) is 78.2 Å². The highest BCUT2D eigenvalue weighted by Crippen LogP contribution is 2.51. The van der Waals surface area contributed by atoms with Crippen LogP contribution in [-0.4, -0.2) is 10.4 Å². The third kappa shape index (κ3) is 8.65. The Labute approximate surface area is 368 Å². The van der Waals surface area contributed by atoms with Crippen LogP contribution in [0.2, 0.25) is 0 Å². The number of fused-ring (bicyclic) bond motifs is 3. The van der Waals surface area contributed by atoms with Gasteiger partial charge in [-0.05, 0) is 108 Å². The molecule has 0 unspecified atom stereocenters. The second kappa shape index (κ2) is 20.3. The van der Waals surface area contributed by atoms with Gasteiger partial charge >= 0.3 is 0 Å². The predicted molar refractivity (Wildman–Crippen MR) is 265 cm³/mol. The lowest BCUT2D eigenvalue weighted by molar-refractivity contribution is 0.616. The molecule has 0 bridgehead atoms. The van der Waals surface area contributed by atoms with E-state index in [-0.39, 0.29) is 11.5 Å². The van der Waals surface area contributed by atoms with E-state index in [1.54, 1.807) is 12.2 Å². The largest absolute Gasteiger partial charge is 0.309 e. The van der Waals surface area contributed by atoms with E-state index < -0.39 is 0 Å². The highest BCUT2D eigenvalue weighted by Gasteiger charge is 2.40. The Morgan fingerprint density at radius 3 is 1.74 bits per heavy atom. The SMILES string of the molecule is C=C1C2=C(C=CCC2)C(c2ccccc2)(c2ccccc2)C/C=C\c2c1c1ccccc1n2-c1ccc(C(=NC(c2ccccc2)c2ccccc2)NN)cc1.C=CC.C=CC. The quantitative estimate of drug-likeness (QED) is 0.0554. The number of rotatable bonds is 7. The lowest BCUT2D eigenvalue weighted by Gasteiger charge is -2.39. The predicted octanol–water partition coefficient (Wildman–Crippen LogP) is 14.1. The molecule has 7 aromatic rings. The number of aromatic nitrogens is 1. The Morgan fingerprint density at radius 2 is 1.19 bits per heavy atom. The zero-order valence-corrected chi connectivity index (χ0v) is 35.9. The first-order chi connectivity index (χ1) is 30.5. The fourth-order valence-corrected chi connectivity index (χ4v) is 8.86. The van der Waals surface area contributed by atoms with Crippen molar-refractivity contribution in [2.24, 2.45) is 10.8 Å². The van der Waals surface area contributed by atoms with Crippen LogP contribution >= 0.6 is 0 Å². The molecule has 6 aromatic carbocycles. The number of hydrogen-bond donors (Lipinski definition) is 2. The Kier molecular flexibility index (Phi) is 14.0. The number of nitrogens with zero attached hydrogens (tertiary/aromatic N) is 2. The van der Waals surface area contributed by atoms with Gasteiger partial charge in [-0.25, -0.2) is 5.84 Å². The summed E-state index contributed by atoms with van der Waals surface area (Å²) >= 11 is 0. The molecule has 0 saturated heterocycles. The summed E-state index contributed by atoms with van der Waals surface area (Å²) < 4.78 is 2.39. The highest BCUT2D eigenvalue weighted by molar-refractivity contribution is 6.03. The van der Waals surface area contributed by atoms with Gasteiger partial charge in [-0.15, -0.1) is 13.2 Å². The summed E-state index contributed by atoms with van der Waals surface area (Å²) in [6.45, 7) is 15.4. The van der Waals surface area contributed by atoms with E-state index in [0.717, 1.165) is 58.4 Å². The van der Waals surface area contributed by atoms with Gasteiger partial charge in [0.2, 0.25) is 0 Å². The maximum atomic E-state index is 6.22. The summed E-state index contributed by atoms with van der Waals surface area (Å²) in [4.78, 5) is 5.20. The van der Waals surface area contributed by atoms with Crippen molar-refractivity contribution in [3.8, 4) is 5.69 Å². The molecular weight excluding hydrogens is 753 g/mol. The second-order valence-corrected chi connectivity index (χ2v) is 15.4. The molecule has 0 amide bonds. The first-order valence-corrected chi connectivity index (χ1v) is 21.4. The standard InChI is InChI=1S/C52H44N4.2C3H6/c1-37-44-27-14-16-29-46(44)52(41-23-10-4-11-24-41,42-25-12-5-13-26-42)36-18-31-48-49(37)45-28-15-17-30-47(45)56(48)43-34-32-40(33-35-43)51(55-53)54-50(38-19-6-2-7-20-38)39-21-8-3-9-22-39;2*1-3-2/h2-13,15-26,28-35,50H,1,14,27,36,53H2,(H,54,55);2*3H,1H2,2H3/b31-18-;;. The van der Waals surface area contributed by atoms with E-state index in [1.807, 2.05) is 50.2 Å². The van der Waals surface area contributed by atoms with Crippen LogP contribution in [0.25, 0.3) is 28.2 Å². The van der Waals surface area contributed by atoms with Crippen molar-refractivity contribution in [2.75, 3.05) is 0 Å². The van der Waals surface area contributed by atoms with E-state index in [9.17, 15) is 0 Å². The van der Waals surface area contributed by atoms with Crippen molar-refractivity contribution < 1.29 is 0 Å². The van der Waals surface area contributed by atoms with Crippen molar-refractivity contribution in [3.63, 3.8) is 0 Å². The minimum absolute atomic E-state index is 0.218. The van der Waals surface area contributed by atoms with Crippen LogP contribution in [0.4, 0.5) is 0 Å². The number of para-hydroxylation sites is 1. The number of allylic oxidation sites excluding steroid dienone is 8. The topological polar surface area (TPSA) is 55.3 Å². The minimum atomic E-state index is -0.387. The molecular formula is C58H56N4. The number of hydrazine groups is 1. The van der Waals surface area contributed by atoms with Crippen LogP contribution in [0.5, 0.6) is 0 Å². The molecule has 0 spiro atoms. The highest BCUT2D eigenvalue weighted by atomic mass is 15.3. The Bertz CT molecular complexity index is 2650. The number of hydrogen-bond acceptors (Lipinski definition) is 2. The van der Waals surface area contributed by atoms with Crippen molar-refractivity contribution in [1.82, 2.24) is 9.99 Å². The van der Waals surface area contributed by atoms with Gasteiger partial charge in [0.15, 0.2) is 0 Å². The summed E-state index contributed by atoms with van der Waals surface area (Å²) in [7, 11) is 0. The van der Waals surface area contributed by atoms with E-state index in [2.05, 4.69) is 181 Å². The molecule has 3 N–H and O–H groups in total. The fraction of sp³-hybridized carbons (Fsp3) is 0.121. The zero-order chi connectivity index (χ0) is 43.3. The molecule has 9 rings (SSSR count). The molecule has 4 heteroatoms. The smallest absolute Gasteiger partial charge is 0.143 e. The third-order valence-corrected chi connectivity index (χ3v) is 11.5. The van der Waals surface area contributed by atoms with E-state index in [1.165, 1.54) is 33.2 Å². The maximum Gasteiger partial charge on any atom is 0.143 e. The van der Waals surface area contributed by atoms with Gasteiger partial charge in [0.1, 0.15) is 11.9 Å². The van der Waals surface area contributed by atoms with Crippen LogP contribution in [0.3, 0.4) is 0 Å². The first-order valence-electron chi connectivity index (χ1n) is 21.4. The van der Waals surface area contributed by atoms with Crippen molar-refractivity contribution in [1.29, 1.82) is 0 Å². The lowest BCUT2D eigenvalue weighted by atomic mass is 9.64. The molecule has 62 heavy (non-hydrogen) atoms. The Morgan fingerprint density at radius 1 is 0.677 bits per heavy atom. The number of nitrogens with two attached hydrogens (primary N) is 1. The molecule has 0 aliphatic heterocycles. The summed E-state index contributed by atoms with van der Waals surface area (Å²) in [6, 6.07) is 59.8. The summed E-state index contributed by atoms with van der Waals surface area (Å²) in [5.74, 6) is 6.84. The molecule has 2 aliphatic carbocycles. The van der Waals surface area contributed by atoms with Crippen molar-refractivity contribution >= 4 is 28.4 Å². The molecule has 0 fully saturated rings. The number of amidine groups is 1. The fourth-order valence-electron chi connectivity index (χ4n) is 8.86. The van der Waals surface area contributed by atoms with E-state index >= 15 is 0 Å². The average molecular weight is 809 g/mol. The number of benzene rings is 6. The van der Waals surface area contributed by atoms with E-state index in [0.29, 0.717) is 5.84 Å². The van der Waals surface area contributed by atoms with E-state index in [4.69, 9.17) is 17.4 Å². The lowest BCUT2D eigenvalue weighted by Crippen LogP contribution is -2.31. The van der Waals surface area contributed by atoms with Crippen LogP contribution in [0.15, 0.2) is 236 Å². The zero-order valence-electron chi connectivity index (χ0n) is 35.9. The van der Waals surface area contributed by atoms with Gasteiger partial charge in [0.05, 0.1) is 11.2 Å². The monoisotopic (exact) mass is 808 g/mol. The van der Waals surface area contributed by atoms with Gasteiger partial charge in [0.25, 0.3) is 0 Å². The number of aliphatic imine (C=N–C) groups is 1. The molecule has 0 saturated carbocycles. The molecule has 1 aromatic heterocycles. The molecule has 1 heterocycles. The Hall–Kier alpha value is -7.27. The van der Waals surface area contributed by atoms with Crippen molar-refractivity contribution in [3.05, 3.63) is 270 Å². The molecule has 308 valence electrons. The third-order valence-electron chi connectivity index (χ3n) is 11.5. The first kappa shape index (κ1) is 42.8. The molecule has 0 atom stereocenters. The summed E-state index contributed by atoms with van der Waals surface area (Å²) in [5.41, 5.74) is 16.4. The van der Waals surface area contributed by atoms with Gasteiger partial charge in [-0.2, -0.15) is 0 Å². The second-order valence-electron chi connectivity index (χ2n) is 15.4. The summed E-state index contributed by atoms with van der Waals surface area (Å²) in [6.07, 6.45) is 15.6. The van der Waals surface area contributed by atoms with Gasteiger partial charge in [-0.3, -0.25) is 4.99 Å². The minimum Gasteiger partial charge on any atom is -0.309 e. The molecule has 2 aliphatic rings. The Balaban J connectivity index is 0.000000912. The average Bonchev–Trinajstić information content (AvgIpc) is 3.68. The van der Waals surface area contributed by atoms with Crippen LogP contribution < -0.4 is 11.3 Å².